The number of phosphoric ester groups is 1. The van der Waals surface area contributed by atoms with E-state index >= 15 is 0 Å². The molecule has 1 amide bonds. The number of carbonyl (C=O) groups is 1. The van der Waals surface area contributed by atoms with Gasteiger partial charge in [-0.3, -0.25) is 13.8 Å². The summed E-state index contributed by atoms with van der Waals surface area (Å²) in [7, 11) is -4.34. The molecule has 0 aromatic carbocycles. The number of phosphoric acid groups is 1. The van der Waals surface area contributed by atoms with Crippen LogP contribution in [0.5, 0.6) is 0 Å². The molecule has 0 aliphatic heterocycles. The zero-order valence-corrected chi connectivity index (χ0v) is 38.9. The molecule has 0 aliphatic rings. The Balaban J connectivity index is 4.14. The lowest BCUT2D eigenvalue weighted by atomic mass is 10.0. The van der Waals surface area contributed by atoms with Gasteiger partial charge in [-0.05, 0) is 51.4 Å². The molecule has 5 N–H and O–H groups in total. The van der Waals surface area contributed by atoms with E-state index in [2.05, 4.69) is 43.5 Å². The number of hydrogen-bond acceptors (Lipinski definition) is 6. The first-order valence-corrected chi connectivity index (χ1v) is 26.1. The summed E-state index contributed by atoms with van der Waals surface area (Å²) >= 11 is 0. The van der Waals surface area contributed by atoms with Crippen LogP contribution < -0.4 is 11.1 Å². The zero-order valence-electron chi connectivity index (χ0n) is 38.0. The van der Waals surface area contributed by atoms with Crippen LogP contribution in [0.25, 0.3) is 0 Å². The first-order valence-electron chi connectivity index (χ1n) is 24.6. The minimum Gasteiger partial charge on any atom is -0.387 e. The number of nitrogens with one attached hydrogen (secondary N) is 1. The third-order valence-corrected chi connectivity index (χ3v) is 11.9. The lowest BCUT2D eigenvalue weighted by Gasteiger charge is -2.23. The van der Waals surface area contributed by atoms with Crippen molar-refractivity contribution in [2.75, 3.05) is 19.8 Å². The number of aliphatic hydroxyl groups is 1. The van der Waals surface area contributed by atoms with E-state index in [1.807, 2.05) is 6.08 Å². The second-order valence-corrected chi connectivity index (χ2v) is 18.1. The van der Waals surface area contributed by atoms with Gasteiger partial charge in [0.1, 0.15) is 0 Å². The first-order chi connectivity index (χ1) is 28.4. The van der Waals surface area contributed by atoms with Gasteiger partial charge in [0, 0.05) is 13.0 Å². The number of carbonyl (C=O) groups excluding carboxylic acids is 1. The van der Waals surface area contributed by atoms with Crippen LogP contribution in [0.4, 0.5) is 0 Å². The van der Waals surface area contributed by atoms with E-state index in [0.717, 1.165) is 51.4 Å². The highest BCUT2D eigenvalue weighted by molar-refractivity contribution is 7.47. The summed E-state index contributed by atoms with van der Waals surface area (Å²) in [5, 5.41) is 13.7. The fraction of sp³-hybridized carbons (Fsp3) is 0.857. The molecule has 8 nitrogen and oxygen atoms in total. The van der Waals surface area contributed by atoms with E-state index in [1.54, 1.807) is 6.08 Å². The Hall–Kier alpha value is -1.28. The smallest absolute Gasteiger partial charge is 0.387 e. The minimum absolute atomic E-state index is 0.0770. The number of rotatable bonds is 46. The van der Waals surface area contributed by atoms with Gasteiger partial charge in [0.15, 0.2) is 0 Å². The fourth-order valence-electron chi connectivity index (χ4n) is 7.22. The van der Waals surface area contributed by atoms with E-state index in [-0.39, 0.29) is 25.7 Å². The minimum atomic E-state index is -4.34. The highest BCUT2D eigenvalue weighted by Gasteiger charge is 2.26. The Morgan fingerprint density at radius 1 is 0.569 bits per heavy atom. The Kier molecular flexibility index (Phi) is 44.3. The molecule has 0 saturated heterocycles. The normalized spacial score (nSPS) is 14.2. The van der Waals surface area contributed by atoms with Crippen molar-refractivity contribution in [2.45, 2.75) is 251 Å². The van der Waals surface area contributed by atoms with Crippen LogP contribution in [0.2, 0.25) is 0 Å². The molecule has 342 valence electrons. The van der Waals surface area contributed by atoms with Gasteiger partial charge in [0.25, 0.3) is 0 Å². The summed E-state index contributed by atoms with van der Waals surface area (Å²) < 4.78 is 22.2. The number of unbranched alkanes of at least 4 members (excludes halogenated alkanes) is 30. The maximum Gasteiger partial charge on any atom is 0.472 e. The molecule has 0 fully saturated rings. The van der Waals surface area contributed by atoms with Crippen LogP contribution in [-0.4, -0.2) is 47.8 Å². The Labute approximate surface area is 359 Å². The molecule has 0 spiro atoms. The average molecular weight is 839 g/mol. The van der Waals surface area contributed by atoms with Crippen molar-refractivity contribution in [2.24, 2.45) is 5.73 Å². The lowest BCUT2D eigenvalue weighted by molar-refractivity contribution is -0.123. The average Bonchev–Trinajstić information content (AvgIpc) is 3.21. The highest BCUT2D eigenvalue weighted by Crippen LogP contribution is 2.43. The van der Waals surface area contributed by atoms with Crippen LogP contribution in [0.3, 0.4) is 0 Å². The Morgan fingerprint density at radius 2 is 0.948 bits per heavy atom. The fourth-order valence-corrected chi connectivity index (χ4v) is 7.98. The largest absolute Gasteiger partial charge is 0.472 e. The lowest BCUT2D eigenvalue weighted by Crippen LogP contribution is -2.45. The summed E-state index contributed by atoms with van der Waals surface area (Å²) in [6.45, 7) is 4.14. The quantitative estimate of drug-likeness (QED) is 0.0273. The first kappa shape index (κ1) is 56.7. The van der Waals surface area contributed by atoms with Gasteiger partial charge < -0.3 is 21.1 Å². The van der Waals surface area contributed by atoms with Crippen LogP contribution in [-0.2, 0) is 18.4 Å². The third-order valence-electron chi connectivity index (χ3n) is 11.0. The van der Waals surface area contributed by atoms with Crippen LogP contribution >= 0.6 is 7.82 Å². The van der Waals surface area contributed by atoms with E-state index in [1.165, 1.54) is 167 Å². The van der Waals surface area contributed by atoms with Crippen molar-refractivity contribution in [3.8, 4) is 0 Å². The molecule has 0 bridgehead atoms. The van der Waals surface area contributed by atoms with Crippen LogP contribution in [0.15, 0.2) is 36.5 Å². The van der Waals surface area contributed by atoms with Gasteiger partial charge >= 0.3 is 7.82 Å². The summed E-state index contributed by atoms with van der Waals surface area (Å²) in [5.74, 6) is -0.200. The SMILES string of the molecule is CCCCCC/C=C\C/C=C\CCCCCCCCCC(=O)NC(COP(=O)(O)OCCN)C(O)/C=C/CCCCCCCCCCCCCCCCCCCCC. The monoisotopic (exact) mass is 839 g/mol. The van der Waals surface area contributed by atoms with Crippen molar-refractivity contribution < 1.29 is 28.4 Å². The van der Waals surface area contributed by atoms with E-state index in [4.69, 9.17) is 14.8 Å². The predicted octanol–water partition coefficient (Wildman–Crippen LogP) is 14.3. The highest BCUT2D eigenvalue weighted by atomic mass is 31.2. The van der Waals surface area contributed by atoms with Gasteiger partial charge in [-0.1, -0.05) is 217 Å². The van der Waals surface area contributed by atoms with Gasteiger partial charge in [-0.15, -0.1) is 0 Å². The van der Waals surface area contributed by atoms with Gasteiger partial charge in [-0.25, -0.2) is 4.57 Å². The van der Waals surface area contributed by atoms with Crippen molar-refractivity contribution in [1.29, 1.82) is 0 Å². The second-order valence-electron chi connectivity index (χ2n) is 16.7. The third kappa shape index (κ3) is 42.8. The van der Waals surface area contributed by atoms with Gasteiger partial charge in [0.2, 0.25) is 5.91 Å². The molecule has 0 heterocycles. The van der Waals surface area contributed by atoms with Crippen molar-refractivity contribution >= 4 is 13.7 Å². The second kappa shape index (κ2) is 45.3. The number of allylic oxidation sites excluding steroid dienone is 5. The molecule has 3 atom stereocenters. The molecular weight excluding hydrogens is 744 g/mol. The Morgan fingerprint density at radius 3 is 1.38 bits per heavy atom. The van der Waals surface area contributed by atoms with Crippen LogP contribution in [0.1, 0.15) is 239 Å². The topological polar surface area (TPSA) is 131 Å². The molecule has 0 radical (unpaired) electrons. The van der Waals surface area contributed by atoms with E-state index in [9.17, 15) is 19.4 Å². The van der Waals surface area contributed by atoms with E-state index < -0.39 is 20.0 Å². The maximum atomic E-state index is 12.8. The molecular formula is C49H95N2O6P. The summed E-state index contributed by atoms with van der Waals surface area (Å²) in [4.78, 5) is 22.8. The zero-order chi connectivity index (χ0) is 42.5. The summed E-state index contributed by atoms with van der Waals surface area (Å²) in [6, 6.07) is -0.864. The summed E-state index contributed by atoms with van der Waals surface area (Å²) in [5.41, 5.74) is 5.39. The molecule has 58 heavy (non-hydrogen) atoms. The summed E-state index contributed by atoms with van der Waals surface area (Å²) in [6.07, 6.45) is 54.8. The van der Waals surface area contributed by atoms with Crippen LogP contribution in [0, 0.1) is 0 Å². The number of amides is 1. The predicted molar refractivity (Wildman–Crippen MR) is 249 cm³/mol. The molecule has 9 heteroatoms. The molecule has 0 saturated carbocycles. The van der Waals surface area contributed by atoms with Crippen molar-refractivity contribution in [1.82, 2.24) is 5.32 Å². The molecule has 0 aliphatic carbocycles. The molecule has 0 rings (SSSR count). The molecule has 0 aromatic heterocycles. The molecule has 0 aromatic rings. The van der Waals surface area contributed by atoms with E-state index in [0.29, 0.717) is 6.42 Å². The number of aliphatic hydroxyl groups excluding tert-OH is 1. The number of hydrogen-bond donors (Lipinski definition) is 4. The standard InChI is InChI=1S/C49H95N2O6P/c1-3-5-7-9-11-13-15-17-19-21-23-24-25-26-28-30-32-34-36-38-40-42-48(52)47(46-57-58(54,55)56-45-44-50)51-49(53)43-41-39-37-35-33-31-29-27-22-20-18-16-14-12-10-8-6-4-2/h14,16,20,22,40,42,47-48,52H,3-13,15,17-19,21,23-39,41,43-46,50H2,1-2H3,(H,51,53)(H,54,55)/b16-14-,22-20-,42-40+. The Bertz CT molecular complexity index is 1010. The molecule has 3 unspecified atom stereocenters. The van der Waals surface area contributed by atoms with Crippen molar-refractivity contribution in [3.63, 3.8) is 0 Å². The van der Waals surface area contributed by atoms with Gasteiger partial charge in [-0.2, -0.15) is 0 Å². The van der Waals surface area contributed by atoms with Gasteiger partial charge in [0.05, 0.1) is 25.4 Å². The number of nitrogens with two attached hydrogens (primary N) is 1. The van der Waals surface area contributed by atoms with Crippen molar-refractivity contribution in [3.05, 3.63) is 36.5 Å². The maximum absolute atomic E-state index is 12.8.